The Balaban J connectivity index is 1.51. The van der Waals surface area contributed by atoms with Gasteiger partial charge in [0, 0.05) is 25.8 Å². The summed E-state index contributed by atoms with van der Waals surface area (Å²) in [5.41, 5.74) is 6.07. The molecule has 3 N–H and O–H groups in total. The fraction of sp³-hybridized carbons (Fsp3) is 0.429. The number of sulfonamides is 1. The van der Waals surface area contributed by atoms with Gasteiger partial charge in [-0.3, -0.25) is 10.9 Å². The summed E-state index contributed by atoms with van der Waals surface area (Å²) in [6.07, 6.45) is 2.33. The molecule has 1 aromatic carbocycles. The Morgan fingerprint density at radius 1 is 1.13 bits per heavy atom. The summed E-state index contributed by atoms with van der Waals surface area (Å²) in [5, 5.41) is 2.71. The Morgan fingerprint density at radius 3 is 2.39 bits per heavy atom. The van der Waals surface area contributed by atoms with Gasteiger partial charge in [-0.2, -0.15) is 4.31 Å². The van der Waals surface area contributed by atoms with Crippen molar-refractivity contribution < 1.29 is 17.9 Å². The van der Waals surface area contributed by atoms with Crippen LogP contribution in [-0.4, -0.2) is 43.9 Å². The summed E-state index contributed by atoms with van der Waals surface area (Å²) in [5.74, 6) is 1.73. The van der Waals surface area contributed by atoms with Crippen molar-refractivity contribution in [2.24, 2.45) is 11.8 Å². The average Bonchev–Trinajstić information content (AvgIpc) is 2.76. The van der Waals surface area contributed by atoms with E-state index in [-0.39, 0.29) is 4.90 Å². The van der Waals surface area contributed by atoms with Crippen molar-refractivity contribution in [2.45, 2.75) is 31.7 Å². The molecular formula is C21H29N5O4S. The van der Waals surface area contributed by atoms with E-state index >= 15 is 0 Å². The number of piperidine rings is 1. The molecule has 31 heavy (non-hydrogen) atoms. The maximum Gasteiger partial charge on any atom is 0.333 e. The molecule has 3 rings (SSSR count). The molecule has 0 saturated carbocycles. The molecule has 1 aliphatic heterocycles. The van der Waals surface area contributed by atoms with Gasteiger partial charge in [0.25, 0.3) is 0 Å². The minimum atomic E-state index is -3.59. The number of aromatic nitrogens is 1. The quantitative estimate of drug-likeness (QED) is 0.563. The number of carbonyl (C=O) groups excluding carboxylic acids is 1. The Bertz CT molecular complexity index is 970. The number of nitrogens with one attached hydrogen (secondary N) is 3. The van der Waals surface area contributed by atoms with E-state index in [1.165, 1.54) is 22.6 Å². The molecule has 9 nitrogen and oxygen atoms in total. The number of carbonyl (C=O) groups is 1. The number of rotatable bonds is 7. The van der Waals surface area contributed by atoms with Gasteiger partial charge in [0.15, 0.2) is 0 Å². The number of hydrogen-bond acceptors (Lipinski definition) is 6. The van der Waals surface area contributed by atoms with E-state index in [1.54, 1.807) is 7.11 Å². The van der Waals surface area contributed by atoms with Crippen LogP contribution in [0.4, 0.5) is 10.6 Å². The summed E-state index contributed by atoms with van der Waals surface area (Å²) in [4.78, 5) is 16.2. The molecule has 168 valence electrons. The van der Waals surface area contributed by atoms with Crippen molar-refractivity contribution in [1.29, 1.82) is 0 Å². The Labute approximate surface area is 183 Å². The Morgan fingerprint density at radius 2 is 1.81 bits per heavy atom. The van der Waals surface area contributed by atoms with Crippen molar-refractivity contribution in [2.75, 3.05) is 25.6 Å². The van der Waals surface area contributed by atoms with Crippen LogP contribution in [0.3, 0.4) is 0 Å². The number of pyridine rings is 1. The number of anilines is 1. The summed E-state index contributed by atoms with van der Waals surface area (Å²) >= 11 is 0. The molecule has 10 heteroatoms. The second-order valence-corrected chi connectivity index (χ2v) is 9.87. The maximum absolute atomic E-state index is 12.9. The summed E-state index contributed by atoms with van der Waals surface area (Å²) in [6, 6.07) is 9.92. The fourth-order valence-electron chi connectivity index (χ4n) is 3.65. The monoisotopic (exact) mass is 447 g/mol. The zero-order chi connectivity index (χ0) is 22.4. The van der Waals surface area contributed by atoms with Gasteiger partial charge in [-0.1, -0.05) is 26.0 Å². The predicted molar refractivity (Wildman–Crippen MR) is 118 cm³/mol. The summed E-state index contributed by atoms with van der Waals surface area (Å²) < 4.78 is 32.4. The topological polar surface area (TPSA) is 113 Å². The molecule has 0 bridgehead atoms. The van der Waals surface area contributed by atoms with Gasteiger partial charge in [0.05, 0.1) is 7.11 Å². The fourth-order valence-corrected chi connectivity index (χ4v) is 5.27. The number of amides is 2. The number of ether oxygens (including phenoxy) is 1. The van der Waals surface area contributed by atoms with Gasteiger partial charge in [-0.15, -0.1) is 0 Å². The highest BCUT2D eigenvalue weighted by atomic mass is 32.2. The Hall–Kier alpha value is -2.85. The second-order valence-electron chi connectivity index (χ2n) is 7.93. The highest BCUT2D eigenvalue weighted by Gasteiger charge is 2.31. The van der Waals surface area contributed by atoms with Crippen molar-refractivity contribution in [3.05, 3.63) is 48.2 Å². The molecule has 2 atom stereocenters. The Kier molecular flexibility index (Phi) is 7.34. The standard InChI is InChI=1S/C21H29N5O4S/c1-15-10-16(2)14-26(13-15)31(28,29)19-8-9-20(22-12-19)24-25-21(27)23-11-17-4-6-18(30-3)7-5-17/h4-9,12,15-16H,10-11,13-14H2,1-3H3,(H,22,24)(H2,23,25,27)/t15-,16+. The first-order chi connectivity index (χ1) is 14.8. The molecule has 0 aliphatic carbocycles. The number of benzene rings is 1. The molecule has 0 spiro atoms. The number of hydrogen-bond donors (Lipinski definition) is 3. The van der Waals surface area contributed by atoms with Crippen molar-refractivity contribution in [3.8, 4) is 5.75 Å². The van der Waals surface area contributed by atoms with E-state index in [4.69, 9.17) is 4.74 Å². The molecule has 1 fully saturated rings. The number of nitrogens with zero attached hydrogens (tertiary/aromatic N) is 2. The summed E-state index contributed by atoms with van der Waals surface area (Å²) in [6.45, 7) is 5.50. The highest BCUT2D eigenvalue weighted by Crippen LogP contribution is 2.26. The normalized spacial score (nSPS) is 19.5. The van der Waals surface area contributed by atoms with Crippen LogP contribution in [0, 0.1) is 11.8 Å². The van der Waals surface area contributed by atoms with Crippen LogP contribution < -0.4 is 20.9 Å². The van der Waals surface area contributed by atoms with Crippen molar-refractivity contribution in [1.82, 2.24) is 20.0 Å². The lowest BCUT2D eigenvalue weighted by Crippen LogP contribution is -2.42. The van der Waals surface area contributed by atoms with Crippen LogP contribution in [0.15, 0.2) is 47.5 Å². The van der Waals surface area contributed by atoms with Gasteiger partial charge in [-0.25, -0.2) is 18.2 Å². The van der Waals surface area contributed by atoms with Gasteiger partial charge >= 0.3 is 6.03 Å². The lowest BCUT2D eigenvalue weighted by molar-refractivity contribution is 0.222. The maximum atomic E-state index is 12.9. The van der Waals surface area contributed by atoms with Crippen LogP contribution >= 0.6 is 0 Å². The number of methoxy groups -OCH3 is 1. The van der Waals surface area contributed by atoms with E-state index in [9.17, 15) is 13.2 Å². The lowest BCUT2D eigenvalue weighted by atomic mass is 9.94. The minimum Gasteiger partial charge on any atom is -0.497 e. The highest BCUT2D eigenvalue weighted by molar-refractivity contribution is 7.89. The van der Waals surface area contributed by atoms with Crippen LogP contribution in [0.2, 0.25) is 0 Å². The predicted octanol–water partition coefficient (Wildman–Crippen LogP) is 2.58. The van der Waals surface area contributed by atoms with E-state index in [1.807, 2.05) is 24.3 Å². The van der Waals surface area contributed by atoms with E-state index in [0.29, 0.717) is 37.3 Å². The first kappa shape index (κ1) is 22.8. The average molecular weight is 448 g/mol. The number of hydrazine groups is 1. The molecule has 0 radical (unpaired) electrons. The lowest BCUT2D eigenvalue weighted by Gasteiger charge is -2.33. The smallest absolute Gasteiger partial charge is 0.333 e. The van der Waals surface area contributed by atoms with Gasteiger partial charge < -0.3 is 10.1 Å². The number of urea groups is 1. The molecule has 2 aromatic rings. The molecule has 2 amide bonds. The minimum absolute atomic E-state index is 0.142. The van der Waals surface area contributed by atoms with Gasteiger partial charge in [0.2, 0.25) is 10.0 Å². The first-order valence-corrected chi connectivity index (χ1v) is 11.6. The first-order valence-electron chi connectivity index (χ1n) is 10.2. The molecule has 1 aromatic heterocycles. The van der Waals surface area contributed by atoms with E-state index < -0.39 is 16.1 Å². The van der Waals surface area contributed by atoms with Crippen molar-refractivity contribution in [3.63, 3.8) is 0 Å². The third-order valence-corrected chi connectivity index (χ3v) is 6.94. The summed E-state index contributed by atoms with van der Waals surface area (Å²) in [7, 11) is -1.99. The second kappa shape index (κ2) is 9.97. The third-order valence-electron chi connectivity index (χ3n) is 5.13. The largest absolute Gasteiger partial charge is 0.497 e. The van der Waals surface area contributed by atoms with Gasteiger partial charge in [0.1, 0.15) is 16.5 Å². The van der Waals surface area contributed by atoms with E-state index in [2.05, 4.69) is 35.0 Å². The zero-order valence-corrected chi connectivity index (χ0v) is 18.8. The third kappa shape index (κ3) is 6.08. The molecule has 2 heterocycles. The molecule has 1 saturated heterocycles. The molecular weight excluding hydrogens is 418 g/mol. The molecule has 1 aliphatic rings. The molecule has 0 unspecified atom stereocenters. The van der Waals surface area contributed by atoms with Crippen LogP contribution in [0.1, 0.15) is 25.8 Å². The van der Waals surface area contributed by atoms with Crippen LogP contribution in [-0.2, 0) is 16.6 Å². The SMILES string of the molecule is COc1ccc(CNC(=O)NNc2ccc(S(=O)(=O)N3C[C@H](C)C[C@H](C)C3)cn2)cc1. The van der Waals surface area contributed by atoms with Crippen LogP contribution in [0.25, 0.3) is 0 Å². The van der Waals surface area contributed by atoms with Crippen LogP contribution in [0.5, 0.6) is 5.75 Å². The zero-order valence-electron chi connectivity index (χ0n) is 18.0. The van der Waals surface area contributed by atoms with E-state index in [0.717, 1.165) is 17.7 Å². The van der Waals surface area contributed by atoms with Crippen molar-refractivity contribution >= 4 is 21.9 Å². The van der Waals surface area contributed by atoms with Gasteiger partial charge in [-0.05, 0) is 48.1 Å².